The zero-order valence-electron chi connectivity index (χ0n) is 10.4. The molecule has 0 amide bonds. The molecule has 94 valence electrons. The van der Waals surface area contributed by atoms with E-state index in [1.54, 1.807) is 0 Å². The fourth-order valence-electron chi connectivity index (χ4n) is 1.96. The molecular weight excluding hydrogens is 288 g/mol. The molecule has 2 nitrogen and oxygen atoms in total. The maximum absolute atomic E-state index is 6.05. The highest BCUT2D eigenvalue weighted by Gasteiger charge is 2.09. The van der Waals surface area contributed by atoms with Crippen LogP contribution in [0.1, 0.15) is 12.5 Å². The number of hydrogen-bond acceptors (Lipinski definition) is 2. The molecule has 0 aliphatic carbocycles. The van der Waals surface area contributed by atoms with Crippen LogP contribution in [-0.2, 0) is 6.54 Å². The van der Waals surface area contributed by atoms with Crippen LogP contribution in [-0.4, -0.2) is 6.54 Å². The Labute approximate surface area is 117 Å². The molecule has 0 saturated heterocycles. The number of para-hydroxylation sites is 1. The molecule has 0 radical (unpaired) electrons. The van der Waals surface area contributed by atoms with Crippen molar-refractivity contribution < 1.29 is 0 Å². The van der Waals surface area contributed by atoms with Gasteiger partial charge in [0.15, 0.2) is 0 Å². The number of halogens is 1. The monoisotopic (exact) mass is 304 g/mol. The van der Waals surface area contributed by atoms with E-state index in [4.69, 9.17) is 5.73 Å². The molecule has 0 aliphatic rings. The number of benzene rings is 2. The number of nitrogen functional groups attached to an aromatic ring is 1. The van der Waals surface area contributed by atoms with Gasteiger partial charge in [0.05, 0.1) is 0 Å². The van der Waals surface area contributed by atoms with Crippen molar-refractivity contribution in [2.75, 3.05) is 17.2 Å². The van der Waals surface area contributed by atoms with Gasteiger partial charge in [-0.1, -0.05) is 40.2 Å². The van der Waals surface area contributed by atoms with Crippen LogP contribution >= 0.6 is 15.9 Å². The summed E-state index contributed by atoms with van der Waals surface area (Å²) in [7, 11) is 0. The van der Waals surface area contributed by atoms with Gasteiger partial charge in [-0.05, 0) is 31.2 Å². The normalized spacial score (nSPS) is 10.3. The number of nitrogens with zero attached hydrogens (tertiary/aromatic N) is 1. The maximum Gasteiger partial charge on any atom is 0.0460 e. The van der Waals surface area contributed by atoms with Crippen LogP contribution in [0.2, 0.25) is 0 Å². The average Bonchev–Trinajstić information content (AvgIpc) is 2.40. The lowest BCUT2D eigenvalue weighted by molar-refractivity contribution is 0.831. The summed E-state index contributed by atoms with van der Waals surface area (Å²) in [4.78, 5) is 2.30. The lowest BCUT2D eigenvalue weighted by Crippen LogP contribution is -2.22. The second-order valence-corrected chi connectivity index (χ2v) is 5.01. The van der Waals surface area contributed by atoms with E-state index < -0.39 is 0 Å². The van der Waals surface area contributed by atoms with Gasteiger partial charge in [0, 0.05) is 34.5 Å². The van der Waals surface area contributed by atoms with Crippen molar-refractivity contribution in [3.63, 3.8) is 0 Å². The lowest BCUT2D eigenvalue weighted by atomic mass is 10.1. The molecule has 0 aromatic heterocycles. The van der Waals surface area contributed by atoms with Crippen molar-refractivity contribution >= 4 is 27.3 Å². The largest absolute Gasteiger partial charge is 0.398 e. The van der Waals surface area contributed by atoms with E-state index in [2.05, 4.69) is 52.0 Å². The topological polar surface area (TPSA) is 29.3 Å². The summed E-state index contributed by atoms with van der Waals surface area (Å²) in [5, 5.41) is 0. The van der Waals surface area contributed by atoms with Crippen LogP contribution in [0.15, 0.2) is 53.0 Å². The van der Waals surface area contributed by atoms with Gasteiger partial charge in [-0.2, -0.15) is 0 Å². The number of rotatable bonds is 4. The molecular formula is C15H17BrN2. The molecule has 2 aromatic carbocycles. The first-order chi connectivity index (χ1) is 8.72. The highest BCUT2D eigenvalue weighted by Crippen LogP contribution is 2.26. The Balaban J connectivity index is 2.26. The third-order valence-corrected chi connectivity index (χ3v) is 3.75. The molecule has 0 spiro atoms. The summed E-state index contributed by atoms with van der Waals surface area (Å²) in [6.07, 6.45) is 0. The second-order valence-electron chi connectivity index (χ2n) is 4.16. The predicted molar refractivity (Wildman–Crippen MR) is 81.7 cm³/mol. The minimum atomic E-state index is 0.813. The summed E-state index contributed by atoms with van der Waals surface area (Å²) in [6, 6.07) is 16.3. The van der Waals surface area contributed by atoms with Gasteiger partial charge in [-0.25, -0.2) is 0 Å². The summed E-state index contributed by atoms with van der Waals surface area (Å²) in [5.41, 5.74) is 9.24. The van der Waals surface area contributed by atoms with E-state index in [1.807, 2.05) is 24.3 Å². The number of hydrogen-bond donors (Lipinski definition) is 1. The fourth-order valence-corrected chi connectivity index (χ4v) is 2.46. The van der Waals surface area contributed by atoms with E-state index in [9.17, 15) is 0 Å². The highest BCUT2D eigenvalue weighted by molar-refractivity contribution is 9.10. The standard InChI is InChI=1S/C15H17BrN2/c1-2-18(12-7-4-3-5-8-12)11-13-14(16)9-6-10-15(13)17/h3-10H,2,11,17H2,1H3. The molecule has 0 unspecified atom stereocenters. The zero-order valence-corrected chi connectivity index (χ0v) is 12.0. The molecule has 0 fully saturated rings. The molecule has 0 atom stereocenters. The molecule has 2 rings (SSSR count). The minimum absolute atomic E-state index is 0.813. The first-order valence-corrected chi connectivity index (χ1v) is 6.84. The quantitative estimate of drug-likeness (QED) is 0.863. The van der Waals surface area contributed by atoms with Crippen LogP contribution in [0.5, 0.6) is 0 Å². The molecule has 18 heavy (non-hydrogen) atoms. The number of anilines is 2. The van der Waals surface area contributed by atoms with E-state index in [1.165, 1.54) is 5.69 Å². The third-order valence-electron chi connectivity index (χ3n) is 3.01. The summed E-state index contributed by atoms with van der Waals surface area (Å²) in [6.45, 7) is 3.92. The smallest absolute Gasteiger partial charge is 0.0460 e. The van der Waals surface area contributed by atoms with Crippen LogP contribution in [0.25, 0.3) is 0 Å². The van der Waals surface area contributed by atoms with Gasteiger partial charge < -0.3 is 10.6 Å². The molecule has 0 bridgehead atoms. The third kappa shape index (κ3) is 2.85. The highest BCUT2D eigenvalue weighted by atomic mass is 79.9. The van der Waals surface area contributed by atoms with Gasteiger partial charge in [-0.15, -0.1) is 0 Å². The van der Waals surface area contributed by atoms with Crippen LogP contribution < -0.4 is 10.6 Å². The van der Waals surface area contributed by atoms with Crippen LogP contribution in [0.4, 0.5) is 11.4 Å². The molecule has 2 N–H and O–H groups in total. The fraction of sp³-hybridized carbons (Fsp3) is 0.200. The Hall–Kier alpha value is -1.48. The zero-order chi connectivity index (χ0) is 13.0. The van der Waals surface area contributed by atoms with Crippen molar-refractivity contribution in [3.8, 4) is 0 Å². The molecule has 3 heteroatoms. The van der Waals surface area contributed by atoms with Crippen molar-refractivity contribution in [2.24, 2.45) is 0 Å². The summed E-state index contributed by atoms with van der Waals surface area (Å²) in [5.74, 6) is 0. The maximum atomic E-state index is 6.05. The molecule has 0 aliphatic heterocycles. The summed E-state index contributed by atoms with van der Waals surface area (Å²) >= 11 is 3.57. The van der Waals surface area contributed by atoms with Crippen molar-refractivity contribution in [1.82, 2.24) is 0 Å². The Morgan fingerprint density at radius 1 is 1.06 bits per heavy atom. The van der Waals surface area contributed by atoms with Gasteiger partial charge in [0.1, 0.15) is 0 Å². The first kappa shape index (κ1) is 13.0. The van der Waals surface area contributed by atoms with Gasteiger partial charge in [0.2, 0.25) is 0 Å². The Morgan fingerprint density at radius 3 is 2.39 bits per heavy atom. The SMILES string of the molecule is CCN(Cc1c(N)cccc1Br)c1ccccc1. The summed E-state index contributed by atoms with van der Waals surface area (Å²) < 4.78 is 1.07. The molecule has 0 saturated carbocycles. The average molecular weight is 305 g/mol. The second kappa shape index (κ2) is 5.91. The number of nitrogens with two attached hydrogens (primary N) is 1. The Bertz CT molecular complexity index is 491. The van der Waals surface area contributed by atoms with Crippen molar-refractivity contribution in [3.05, 3.63) is 58.6 Å². The van der Waals surface area contributed by atoms with Crippen LogP contribution in [0.3, 0.4) is 0 Å². The van der Waals surface area contributed by atoms with E-state index in [-0.39, 0.29) is 0 Å². The molecule has 2 aromatic rings. The van der Waals surface area contributed by atoms with Gasteiger partial charge in [-0.3, -0.25) is 0 Å². The van der Waals surface area contributed by atoms with E-state index in [0.29, 0.717) is 0 Å². The first-order valence-electron chi connectivity index (χ1n) is 6.05. The van der Waals surface area contributed by atoms with Crippen molar-refractivity contribution in [2.45, 2.75) is 13.5 Å². The molecule has 0 heterocycles. The van der Waals surface area contributed by atoms with Gasteiger partial charge >= 0.3 is 0 Å². The lowest BCUT2D eigenvalue weighted by Gasteiger charge is -2.24. The van der Waals surface area contributed by atoms with Gasteiger partial charge in [0.25, 0.3) is 0 Å². The predicted octanol–water partition coefficient (Wildman–Crippen LogP) is 4.06. The van der Waals surface area contributed by atoms with Crippen LogP contribution in [0, 0.1) is 0 Å². The van der Waals surface area contributed by atoms with Crippen molar-refractivity contribution in [1.29, 1.82) is 0 Å². The minimum Gasteiger partial charge on any atom is -0.398 e. The Morgan fingerprint density at radius 2 is 1.78 bits per heavy atom. The van der Waals surface area contributed by atoms with E-state index in [0.717, 1.165) is 28.8 Å². The van der Waals surface area contributed by atoms with E-state index >= 15 is 0 Å². The Kier molecular flexibility index (Phi) is 4.26.